The molecule has 3 rings (SSSR count). The maximum atomic E-state index is 12.3. The van der Waals surface area contributed by atoms with Crippen molar-refractivity contribution in [3.63, 3.8) is 0 Å². The molecule has 2 heterocycles. The molecule has 25 heavy (non-hydrogen) atoms. The topological polar surface area (TPSA) is 71.8 Å². The summed E-state index contributed by atoms with van der Waals surface area (Å²) < 4.78 is 2.88. The van der Waals surface area contributed by atoms with E-state index in [9.17, 15) is 4.79 Å². The Morgan fingerprint density at radius 3 is 2.72 bits per heavy atom. The van der Waals surface area contributed by atoms with Gasteiger partial charge in [-0.2, -0.15) is 0 Å². The van der Waals surface area contributed by atoms with Crippen LogP contribution in [0.3, 0.4) is 0 Å². The lowest BCUT2D eigenvalue weighted by Gasteiger charge is -2.22. The van der Waals surface area contributed by atoms with Crippen LogP contribution in [-0.2, 0) is 6.42 Å². The molecule has 0 spiro atoms. The second kappa shape index (κ2) is 9.31. The lowest BCUT2D eigenvalue weighted by Crippen LogP contribution is -2.34. The van der Waals surface area contributed by atoms with Crippen molar-refractivity contribution in [1.82, 2.24) is 25.6 Å². The summed E-state index contributed by atoms with van der Waals surface area (Å²) >= 11 is 3.43. The molecule has 0 bridgehead atoms. The van der Waals surface area contributed by atoms with E-state index in [1.807, 2.05) is 23.7 Å². The molecule has 1 unspecified atom stereocenters. The number of carbonyl (C=O) groups is 1. The fraction of sp³-hybridized carbons (Fsp3) is 0.471. The number of benzene rings is 1. The molecule has 1 aromatic carbocycles. The van der Waals surface area contributed by atoms with Gasteiger partial charge in [0.2, 0.25) is 0 Å². The molecule has 0 radical (unpaired) electrons. The number of nitrogens with zero attached hydrogens (tertiary/aromatic N) is 3. The quantitative estimate of drug-likeness (QED) is 0.768. The zero-order chi connectivity index (χ0) is 16.9. The number of piperidine rings is 1. The first-order chi connectivity index (χ1) is 11.6. The van der Waals surface area contributed by atoms with Crippen molar-refractivity contribution >= 4 is 34.2 Å². The molecule has 6 nitrogen and oxygen atoms in total. The van der Waals surface area contributed by atoms with Crippen molar-refractivity contribution in [3.8, 4) is 0 Å². The number of halogens is 2. The second-order valence-electron chi connectivity index (χ2n) is 6.27. The van der Waals surface area contributed by atoms with Gasteiger partial charge in [-0.15, -0.1) is 17.5 Å². The molecule has 0 aliphatic carbocycles. The highest BCUT2D eigenvalue weighted by Gasteiger charge is 2.19. The summed E-state index contributed by atoms with van der Waals surface area (Å²) in [6, 6.07) is 8.49. The van der Waals surface area contributed by atoms with Crippen LogP contribution >= 0.6 is 28.3 Å². The van der Waals surface area contributed by atoms with Gasteiger partial charge in [-0.25, -0.2) is 4.68 Å². The summed E-state index contributed by atoms with van der Waals surface area (Å²) in [5, 5.41) is 14.5. The first-order valence-corrected chi connectivity index (χ1v) is 9.09. The molecule has 1 aliphatic heterocycles. The minimum Gasteiger partial charge on any atom is -0.348 e. The molecule has 1 atom stereocenters. The van der Waals surface area contributed by atoms with Gasteiger partial charge in [0.1, 0.15) is 0 Å². The van der Waals surface area contributed by atoms with Gasteiger partial charge in [-0.05, 0) is 57.0 Å². The molecule has 8 heteroatoms. The van der Waals surface area contributed by atoms with E-state index in [0.29, 0.717) is 11.7 Å². The Morgan fingerprint density at radius 1 is 1.36 bits per heavy atom. The number of rotatable bonds is 5. The molecule has 0 saturated carbocycles. The highest BCUT2D eigenvalue weighted by Crippen LogP contribution is 2.17. The minimum absolute atomic E-state index is 0. The van der Waals surface area contributed by atoms with E-state index < -0.39 is 0 Å². The zero-order valence-electron chi connectivity index (χ0n) is 14.1. The van der Waals surface area contributed by atoms with E-state index in [2.05, 4.69) is 49.0 Å². The Morgan fingerprint density at radius 2 is 2.04 bits per heavy atom. The van der Waals surface area contributed by atoms with Crippen LogP contribution in [0.5, 0.6) is 0 Å². The molecule has 1 aliphatic rings. The van der Waals surface area contributed by atoms with Crippen molar-refractivity contribution < 1.29 is 4.79 Å². The van der Waals surface area contributed by atoms with E-state index in [0.717, 1.165) is 36.8 Å². The zero-order valence-corrected chi connectivity index (χ0v) is 16.5. The highest BCUT2D eigenvalue weighted by atomic mass is 79.9. The van der Waals surface area contributed by atoms with Crippen LogP contribution < -0.4 is 10.6 Å². The first-order valence-electron chi connectivity index (χ1n) is 8.29. The van der Waals surface area contributed by atoms with Gasteiger partial charge in [0, 0.05) is 10.5 Å². The standard InChI is InChI=1S/C17H22BrN5O.ClH/c1-12(10-13-2-4-14(18)5-3-13)20-17(24)16-11-23(22-21-16)15-6-8-19-9-7-15;/h2-5,11-12,15,19H,6-10H2,1H3,(H,20,24);1H. The van der Waals surface area contributed by atoms with Crippen molar-refractivity contribution in [2.45, 2.75) is 38.3 Å². The van der Waals surface area contributed by atoms with Crippen molar-refractivity contribution in [1.29, 1.82) is 0 Å². The molecule has 2 N–H and O–H groups in total. The second-order valence-corrected chi connectivity index (χ2v) is 7.19. The molecule has 2 aromatic rings. The third kappa shape index (κ3) is 5.52. The Bertz CT molecular complexity index is 685. The van der Waals surface area contributed by atoms with Crippen LogP contribution in [0, 0.1) is 0 Å². The lowest BCUT2D eigenvalue weighted by atomic mass is 10.1. The maximum absolute atomic E-state index is 12.3. The van der Waals surface area contributed by atoms with E-state index in [-0.39, 0.29) is 24.4 Å². The van der Waals surface area contributed by atoms with Gasteiger partial charge in [0.25, 0.3) is 5.91 Å². The fourth-order valence-corrected chi connectivity index (χ4v) is 3.22. The first kappa shape index (κ1) is 19.9. The number of amides is 1. The summed E-state index contributed by atoms with van der Waals surface area (Å²) in [5.74, 6) is -0.167. The number of aromatic nitrogens is 3. The van der Waals surface area contributed by atoms with E-state index in [1.165, 1.54) is 5.56 Å². The number of nitrogens with one attached hydrogen (secondary N) is 2. The number of hydrogen-bond acceptors (Lipinski definition) is 4. The van der Waals surface area contributed by atoms with Crippen LogP contribution in [0.15, 0.2) is 34.9 Å². The Hall–Kier alpha value is -1.44. The molecule has 136 valence electrons. The van der Waals surface area contributed by atoms with Crippen molar-refractivity contribution in [2.24, 2.45) is 0 Å². The molecule has 1 amide bonds. The Labute approximate surface area is 162 Å². The molecule has 1 aromatic heterocycles. The van der Waals surface area contributed by atoms with Crippen LogP contribution in [0.1, 0.15) is 41.9 Å². The third-order valence-corrected chi connectivity index (χ3v) is 4.79. The molecular formula is C17H23BrClN5O. The summed E-state index contributed by atoms with van der Waals surface area (Å²) in [7, 11) is 0. The monoisotopic (exact) mass is 427 g/mol. The van der Waals surface area contributed by atoms with Gasteiger partial charge in [0.15, 0.2) is 5.69 Å². The largest absolute Gasteiger partial charge is 0.348 e. The smallest absolute Gasteiger partial charge is 0.273 e. The molecular weight excluding hydrogens is 406 g/mol. The predicted molar refractivity (Wildman–Crippen MR) is 103 cm³/mol. The van der Waals surface area contributed by atoms with Crippen LogP contribution in [0.4, 0.5) is 0 Å². The summed E-state index contributed by atoms with van der Waals surface area (Å²) in [4.78, 5) is 12.3. The van der Waals surface area contributed by atoms with Gasteiger partial charge in [-0.1, -0.05) is 33.3 Å². The summed E-state index contributed by atoms with van der Waals surface area (Å²) in [6.45, 7) is 3.96. The SMILES string of the molecule is CC(Cc1ccc(Br)cc1)NC(=O)c1cn(C2CCNCC2)nn1.Cl. The average Bonchev–Trinajstić information content (AvgIpc) is 3.08. The van der Waals surface area contributed by atoms with E-state index in [1.54, 1.807) is 6.20 Å². The van der Waals surface area contributed by atoms with Gasteiger partial charge >= 0.3 is 0 Å². The molecule has 1 saturated heterocycles. The van der Waals surface area contributed by atoms with Crippen molar-refractivity contribution in [2.75, 3.05) is 13.1 Å². The molecule has 1 fully saturated rings. The van der Waals surface area contributed by atoms with E-state index >= 15 is 0 Å². The minimum atomic E-state index is -0.167. The normalized spacial score (nSPS) is 16.1. The maximum Gasteiger partial charge on any atom is 0.273 e. The summed E-state index contributed by atoms with van der Waals surface area (Å²) in [5.41, 5.74) is 1.57. The van der Waals surface area contributed by atoms with Crippen molar-refractivity contribution in [3.05, 3.63) is 46.2 Å². The van der Waals surface area contributed by atoms with Crippen LogP contribution in [-0.4, -0.2) is 40.0 Å². The Kier molecular flexibility index (Phi) is 7.40. The predicted octanol–water partition coefficient (Wildman–Crippen LogP) is 2.75. The third-order valence-electron chi connectivity index (χ3n) is 4.26. The van der Waals surface area contributed by atoms with Crippen LogP contribution in [0.2, 0.25) is 0 Å². The number of carbonyl (C=O) groups excluding carboxylic acids is 1. The Balaban J connectivity index is 0.00000225. The summed E-state index contributed by atoms with van der Waals surface area (Å²) in [6.07, 6.45) is 4.58. The van der Waals surface area contributed by atoms with Gasteiger partial charge in [-0.3, -0.25) is 4.79 Å². The van der Waals surface area contributed by atoms with Crippen LogP contribution in [0.25, 0.3) is 0 Å². The fourth-order valence-electron chi connectivity index (χ4n) is 2.95. The van der Waals surface area contributed by atoms with Gasteiger partial charge in [0.05, 0.1) is 12.2 Å². The lowest BCUT2D eigenvalue weighted by molar-refractivity contribution is 0.0935. The highest BCUT2D eigenvalue weighted by molar-refractivity contribution is 9.10. The average molecular weight is 429 g/mol. The van der Waals surface area contributed by atoms with Gasteiger partial charge < -0.3 is 10.6 Å². The van der Waals surface area contributed by atoms with E-state index in [4.69, 9.17) is 0 Å². The number of hydrogen-bond donors (Lipinski definition) is 2.